The van der Waals surface area contributed by atoms with E-state index >= 15 is 0 Å². The molecule has 5 heteroatoms. The van der Waals surface area contributed by atoms with Gasteiger partial charge in [-0.2, -0.15) is 0 Å². The zero-order chi connectivity index (χ0) is 19.1. The summed E-state index contributed by atoms with van der Waals surface area (Å²) in [7, 11) is 1.61. The van der Waals surface area contributed by atoms with Gasteiger partial charge in [0.15, 0.2) is 0 Å². The molecule has 0 aliphatic heterocycles. The lowest BCUT2D eigenvalue weighted by Crippen LogP contribution is -2.32. The predicted octanol–water partition coefficient (Wildman–Crippen LogP) is 4.48. The molecule has 3 aromatic carbocycles. The Balaban J connectivity index is 1.76. The molecule has 0 heterocycles. The molecule has 0 fully saturated rings. The lowest BCUT2D eigenvalue weighted by Gasteiger charge is -2.24. The van der Waals surface area contributed by atoms with Crippen LogP contribution in [0.25, 0.3) is 0 Å². The van der Waals surface area contributed by atoms with Crippen molar-refractivity contribution >= 4 is 17.3 Å². The largest absolute Gasteiger partial charge is 0.497 e. The quantitative estimate of drug-likeness (QED) is 0.672. The number of ether oxygens (including phenoxy) is 1. The lowest BCUT2D eigenvalue weighted by molar-refractivity contribution is -0.115. The van der Waals surface area contributed by atoms with Crippen molar-refractivity contribution in [1.29, 1.82) is 0 Å². The van der Waals surface area contributed by atoms with E-state index in [0.717, 1.165) is 17.0 Å². The van der Waals surface area contributed by atoms with Gasteiger partial charge in [0.05, 0.1) is 13.7 Å². The van der Waals surface area contributed by atoms with E-state index < -0.39 is 0 Å². The molecule has 0 saturated heterocycles. The van der Waals surface area contributed by atoms with Gasteiger partial charge >= 0.3 is 0 Å². The molecule has 1 amide bonds. The highest BCUT2D eigenvalue weighted by molar-refractivity contribution is 5.94. The Hall–Kier alpha value is -3.34. The van der Waals surface area contributed by atoms with Gasteiger partial charge < -0.3 is 15.0 Å². The van der Waals surface area contributed by atoms with Gasteiger partial charge in [0.1, 0.15) is 11.6 Å². The highest BCUT2D eigenvalue weighted by Crippen LogP contribution is 2.21. The molecular formula is C22H21FN2O2. The number of anilines is 2. The molecule has 0 aliphatic rings. The number of halogens is 1. The Morgan fingerprint density at radius 3 is 2.41 bits per heavy atom. The zero-order valence-electron chi connectivity index (χ0n) is 15.1. The third kappa shape index (κ3) is 5.31. The summed E-state index contributed by atoms with van der Waals surface area (Å²) >= 11 is 0. The number of rotatable bonds is 7. The fourth-order valence-corrected chi connectivity index (χ4v) is 2.78. The Labute approximate surface area is 158 Å². The molecule has 0 radical (unpaired) electrons. The van der Waals surface area contributed by atoms with Crippen LogP contribution >= 0.6 is 0 Å². The minimum absolute atomic E-state index is 0.137. The molecule has 3 aromatic rings. The number of carbonyl (C=O) groups excluding carboxylic acids is 1. The van der Waals surface area contributed by atoms with E-state index in [4.69, 9.17) is 4.74 Å². The standard InChI is InChI=1S/C22H21FN2O2/c1-27-21-12-10-20(11-13-21)25(15-17-6-3-2-4-7-17)16-22(26)24-19-9-5-8-18(23)14-19/h2-14H,15-16H2,1H3,(H,24,26). The average Bonchev–Trinajstić information content (AvgIpc) is 2.68. The van der Waals surface area contributed by atoms with Crippen LogP contribution in [0.3, 0.4) is 0 Å². The summed E-state index contributed by atoms with van der Waals surface area (Å²) in [5, 5.41) is 2.75. The number of nitrogens with zero attached hydrogens (tertiary/aromatic N) is 1. The van der Waals surface area contributed by atoms with Crippen molar-refractivity contribution in [1.82, 2.24) is 0 Å². The van der Waals surface area contributed by atoms with Crippen molar-refractivity contribution in [2.24, 2.45) is 0 Å². The second-order valence-electron chi connectivity index (χ2n) is 6.10. The fraction of sp³-hybridized carbons (Fsp3) is 0.136. The van der Waals surface area contributed by atoms with Crippen LogP contribution in [0.4, 0.5) is 15.8 Å². The van der Waals surface area contributed by atoms with Crippen LogP contribution in [-0.4, -0.2) is 19.6 Å². The van der Waals surface area contributed by atoms with E-state index in [1.54, 1.807) is 19.2 Å². The van der Waals surface area contributed by atoms with Crippen molar-refractivity contribution in [2.75, 3.05) is 23.9 Å². The van der Waals surface area contributed by atoms with E-state index in [-0.39, 0.29) is 18.3 Å². The van der Waals surface area contributed by atoms with Gasteiger partial charge in [-0.3, -0.25) is 4.79 Å². The van der Waals surface area contributed by atoms with Gasteiger partial charge in [-0.1, -0.05) is 36.4 Å². The van der Waals surface area contributed by atoms with Crippen LogP contribution in [0.15, 0.2) is 78.9 Å². The van der Waals surface area contributed by atoms with Crippen LogP contribution in [0.2, 0.25) is 0 Å². The number of nitrogens with one attached hydrogen (secondary N) is 1. The van der Waals surface area contributed by atoms with Crippen molar-refractivity contribution in [3.8, 4) is 5.75 Å². The van der Waals surface area contributed by atoms with E-state index in [9.17, 15) is 9.18 Å². The van der Waals surface area contributed by atoms with Crippen molar-refractivity contribution in [2.45, 2.75) is 6.54 Å². The number of methoxy groups -OCH3 is 1. The number of hydrogen-bond donors (Lipinski definition) is 1. The van der Waals surface area contributed by atoms with Crippen molar-refractivity contribution in [3.63, 3.8) is 0 Å². The normalized spacial score (nSPS) is 10.3. The Morgan fingerprint density at radius 1 is 1.00 bits per heavy atom. The molecule has 0 aromatic heterocycles. The highest BCUT2D eigenvalue weighted by Gasteiger charge is 2.13. The van der Waals surface area contributed by atoms with Crippen molar-refractivity contribution in [3.05, 3.63) is 90.2 Å². The first kappa shape index (κ1) is 18.5. The molecule has 3 rings (SSSR count). The summed E-state index contributed by atoms with van der Waals surface area (Å²) in [5.74, 6) is 0.152. The van der Waals surface area contributed by atoms with E-state index in [2.05, 4.69) is 5.32 Å². The molecule has 4 nitrogen and oxygen atoms in total. The second kappa shape index (κ2) is 8.85. The summed E-state index contributed by atoms with van der Waals surface area (Å²) < 4.78 is 18.5. The maximum absolute atomic E-state index is 13.3. The van der Waals surface area contributed by atoms with E-state index in [1.165, 1.54) is 12.1 Å². The monoisotopic (exact) mass is 364 g/mol. The maximum Gasteiger partial charge on any atom is 0.243 e. The van der Waals surface area contributed by atoms with Crippen LogP contribution in [-0.2, 0) is 11.3 Å². The first-order valence-corrected chi connectivity index (χ1v) is 8.62. The van der Waals surface area contributed by atoms with E-state index in [0.29, 0.717) is 12.2 Å². The number of benzene rings is 3. The van der Waals surface area contributed by atoms with Gasteiger partial charge in [0, 0.05) is 17.9 Å². The molecule has 0 unspecified atom stereocenters. The molecule has 0 saturated carbocycles. The second-order valence-corrected chi connectivity index (χ2v) is 6.10. The van der Waals surface area contributed by atoms with Gasteiger partial charge in [0.25, 0.3) is 0 Å². The molecule has 0 bridgehead atoms. The molecule has 0 aliphatic carbocycles. The molecule has 0 atom stereocenters. The van der Waals surface area contributed by atoms with Gasteiger partial charge in [0.2, 0.25) is 5.91 Å². The molecule has 27 heavy (non-hydrogen) atoms. The molecule has 0 spiro atoms. The number of amides is 1. The fourth-order valence-electron chi connectivity index (χ4n) is 2.78. The van der Waals surface area contributed by atoms with Gasteiger partial charge in [-0.25, -0.2) is 4.39 Å². The first-order valence-electron chi connectivity index (χ1n) is 8.62. The highest BCUT2D eigenvalue weighted by atomic mass is 19.1. The third-order valence-electron chi connectivity index (χ3n) is 4.10. The van der Waals surface area contributed by atoms with Gasteiger partial charge in [-0.15, -0.1) is 0 Å². The van der Waals surface area contributed by atoms with Crippen molar-refractivity contribution < 1.29 is 13.9 Å². The molecule has 1 N–H and O–H groups in total. The summed E-state index contributed by atoms with van der Waals surface area (Å²) in [5.41, 5.74) is 2.43. The first-order chi connectivity index (χ1) is 13.1. The Morgan fingerprint density at radius 2 is 1.74 bits per heavy atom. The topological polar surface area (TPSA) is 41.6 Å². The smallest absolute Gasteiger partial charge is 0.243 e. The minimum atomic E-state index is -0.385. The maximum atomic E-state index is 13.3. The third-order valence-corrected chi connectivity index (χ3v) is 4.10. The Bertz CT molecular complexity index is 882. The lowest BCUT2D eigenvalue weighted by atomic mass is 10.2. The van der Waals surface area contributed by atoms with Crippen LogP contribution in [0, 0.1) is 5.82 Å². The number of carbonyl (C=O) groups is 1. The Kier molecular flexibility index (Phi) is 6.05. The van der Waals surface area contributed by atoms with Crippen LogP contribution < -0.4 is 15.0 Å². The number of hydrogen-bond acceptors (Lipinski definition) is 3. The summed E-state index contributed by atoms with van der Waals surface area (Å²) in [4.78, 5) is 14.5. The molecular weight excluding hydrogens is 343 g/mol. The summed E-state index contributed by atoms with van der Waals surface area (Å²) in [6.45, 7) is 0.710. The van der Waals surface area contributed by atoms with Gasteiger partial charge in [-0.05, 0) is 48.0 Å². The van der Waals surface area contributed by atoms with E-state index in [1.807, 2.05) is 59.5 Å². The van der Waals surface area contributed by atoms with Crippen LogP contribution in [0.1, 0.15) is 5.56 Å². The predicted molar refractivity (Wildman–Crippen MR) is 106 cm³/mol. The average molecular weight is 364 g/mol. The summed E-state index contributed by atoms with van der Waals surface area (Å²) in [6, 6.07) is 23.3. The molecule has 138 valence electrons. The zero-order valence-corrected chi connectivity index (χ0v) is 15.1. The summed E-state index contributed by atoms with van der Waals surface area (Å²) in [6.07, 6.45) is 0. The van der Waals surface area contributed by atoms with Crippen LogP contribution in [0.5, 0.6) is 5.75 Å². The SMILES string of the molecule is COc1ccc(N(CC(=O)Nc2cccc(F)c2)Cc2ccccc2)cc1. The minimum Gasteiger partial charge on any atom is -0.497 e.